The second kappa shape index (κ2) is 7.78. The average molecular weight is 349 g/mol. The molecule has 0 amide bonds. The molecule has 132 valence electrons. The Bertz CT molecular complexity index is 934. The number of aromatic nitrogens is 1. The van der Waals surface area contributed by atoms with E-state index in [0.717, 1.165) is 10.9 Å². The molecule has 1 aromatic heterocycles. The van der Waals surface area contributed by atoms with Crippen molar-refractivity contribution in [3.63, 3.8) is 0 Å². The van der Waals surface area contributed by atoms with E-state index in [1.807, 2.05) is 36.4 Å². The van der Waals surface area contributed by atoms with Gasteiger partial charge in [-0.25, -0.2) is 4.98 Å². The molecule has 26 heavy (non-hydrogen) atoms. The second-order valence-electron chi connectivity index (χ2n) is 6.02. The smallest absolute Gasteiger partial charge is 0.219 e. The van der Waals surface area contributed by atoms with E-state index in [1.165, 1.54) is 6.92 Å². The maximum absolute atomic E-state index is 11.8. The fraction of sp³-hybridized carbons (Fsp3) is 0.190. The topological polar surface area (TPSA) is 65.5 Å². The standard InChI is InChI=1S/C21H19NO4/c1-14(23)13-20(24)15(2)25-17-8-10-18(11-9-17)26-21-12-7-16-5-3-4-6-19(16)22-21/h3-12,15H,13H2,1-2H3. The van der Waals surface area contributed by atoms with Crippen LogP contribution in [0.5, 0.6) is 17.4 Å². The molecule has 0 aliphatic rings. The van der Waals surface area contributed by atoms with E-state index in [4.69, 9.17) is 9.47 Å². The number of para-hydroxylation sites is 1. The van der Waals surface area contributed by atoms with Crippen LogP contribution in [-0.2, 0) is 9.59 Å². The number of rotatable bonds is 7. The van der Waals surface area contributed by atoms with Crippen LogP contribution in [-0.4, -0.2) is 22.7 Å². The Morgan fingerprint density at radius 2 is 1.65 bits per heavy atom. The molecule has 5 heteroatoms. The number of nitrogens with zero attached hydrogens (tertiary/aromatic N) is 1. The Morgan fingerprint density at radius 3 is 2.38 bits per heavy atom. The van der Waals surface area contributed by atoms with Gasteiger partial charge in [-0.1, -0.05) is 18.2 Å². The van der Waals surface area contributed by atoms with Crippen molar-refractivity contribution in [2.75, 3.05) is 0 Å². The lowest BCUT2D eigenvalue weighted by Crippen LogP contribution is -2.25. The van der Waals surface area contributed by atoms with Crippen LogP contribution in [0.4, 0.5) is 0 Å². The average Bonchev–Trinajstić information content (AvgIpc) is 2.62. The van der Waals surface area contributed by atoms with Gasteiger partial charge in [0.1, 0.15) is 17.3 Å². The molecular weight excluding hydrogens is 330 g/mol. The van der Waals surface area contributed by atoms with Crippen molar-refractivity contribution in [2.24, 2.45) is 0 Å². The summed E-state index contributed by atoms with van der Waals surface area (Å²) in [6.45, 7) is 3.02. The van der Waals surface area contributed by atoms with Gasteiger partial charge in [0.25, 0.3) is 0 Å². The maximum atomic E-state index is 11.8. The fourth-order valence-corrected chi connectivity index (χ4v) is 2.47. The summed E-state index contributed by atoms with van der Waals surface area (Å²) < 4.78 is 11.3. The first-order valence-corrected chi connectivity index (χ1v) is 8.34. The highest BCUT2D eigenvalue weighted by Gasteiger charge is 2.16. The van der Waals surface area contributed by atoms with Gasteiger partial charge in [-0.15, -0.1) is 0 Å². The molecule has 0 bridgehead atoms. The van der Waals surface area contributed by atoms with Crippen molar-refractivity contribution >= 4 is 22.5 Å². The van der Waals surface area contributed by atoms with Crippen molar-refractivity contribution in [2.45, 2.75) is 26.4 Å². The minimum absolute atomic E-state index is 0.115. The third-order valence-electron chi connectivity index (χ3n) is 3.81. The van der Waals surface area contributed by atoms with Crippen molar-refractivity contribution in [3.05, 3.63) is 60.7 Å². The van der Waals surface area contributed by atoms with Crippen LogP contribution in [0.3, 0.4) is 0 Å². The molecule has 1 heterocycles. The molecule has 0 fully saturated rings. The Kier molecular flexibility index (Phi) is 5.27. The largest absolute Gasteiger partial charge is 0.483 e. The monoisotopic (exact) mass is 349 g/mol. The summed E-state index contributed by atoms with van der Waals surface area (Å²) >= 11 is 0. The van der Waals surface area contributed by atoms with Crippen LogP contribution in [0.15, 0.2) is 60.7 Å². The molecule has 0 radical (unpaired) electrons. The van der Waals surface area contributed by atoms with E-state index in [0.29, 0.717) is 17.4 Å². The number of hydrogen-bond acceptors (Lipinski definition) is 5. The van der Waals surface area contributed by atoms with Crippen LogP contribution < -0.4 is 9.47 Å². The van der Waals surface area contributed by atoms with Crippen molar-refractivity contribution in [3.8, 4) is 17.4 Å². The molecule has 3 aromatic rings. The number of benzene rings is 2. The van der Waals surface area contributed by atoms with Gasteiger partial charge in [-0.2, -0.15) is 0 Å². The predicted octanol–water partition coefficient (Wildman–Crippen LogP) is 4.34. The number of fused-ring (bicyclic) bond motifs is 1. The summed E-state index contributed by atoms with van der Waals surface area (Å²) in [4.78, 5) is 27.3. The summed E-state index contributed by atoms with van der Waals surface area (Å²) in [5.41, 5.74) is 0.864. The minimum Gasteiger partial charge on any atom is -0.483 e. The number of ketones is 2. The van der Waals surface area contributed by atoms with Crippen LogP contribution in [0.25, 0.3) is 10.9 Å². The number of Topliss-reactive ketones (excluding diaryl/α,β-unsaturated/α-hetero) is 2. The van der Waals surface area contributed by atoms with Gasteiger partial charge in [0, 0.05) is 11.5 Å². The highest BCUT2D eigenvalue weighted by Crippen LogP contribution is 2.25. The Morgan fingerprint density at radius 1 is 0.962 bits per heavy atom. The van der Waals surface area contributed by atoms with Crippen molar-refractivity contribution < 1.29 is 19.1 Å². The van der Waals surface area contributed by atoms with Crippen molar-refractivity contribution in [1.29, 1.82) is 0 Å². The van der Waals surface area contributed by atoms with Crippen LogP contribution in [0.1, 0.15) is 20.3 Å². The molecule has 2 aromatic carbocycles. The van der Waals surface area contributed by atoms with Gasteiger partial charge in [0.05, 0.1) is 11.9 Å². The number of carbonyl (C=O) groups excluding carboxylic acids is 2. The highest BCUT2D eigenvalue weighted by atomic mass is 16.5. The first-order valence-electron chi connectivity index (χ1n) is 8.34. The lowest BCUT2D eigenvalue weighted by Gasteiger charge is -2.13. The van der Waals surface area contributed by atoms with Gasteiger partial charge in [0.2, 0.25) is 5.88 Å². The molecule has 0 spiro atoms. The normalized spacial score (nSPS) is 11.8. The van der Waals surface area contributed by atoms with E-state index in [1.54, 1.807) is 31.2 Å². The number of pyridine rings is 1. The van der Waals surface area contributed by atoms with Crippen molar-refractivity contribution in [1.82, 2.24) is 4.98 Å². The van der Waals surface area contributed by atoms with Gasteiger partial charge >= 0.3 is 0 Å². The van der Waals surface area contributed by atoms with Crippen LogP contribution in [0.2, 0.25) is 0 Å². The SMILES string of the molecule is CC(=O)CC(=O)C(C)Oc1ccc(Oc2ccc3ccccc3n2)cc1. The Balaban J connectivity index is 1.65. The van der Waals surface area contributed by atoms with E-state index < -0.39 is 6.10 Å². The molecule has 3 rings (SSSR count). The summed E-state index contributed by atoms with van der Waals surface area (Å²) in [7, 11) is 0. The van der Waals surface area contributed by atoms with E-state index in [2.05, 4.69) is 4.98 Å². The third kappa shape index (κ3) is 4.45. The summed E-state index contributed by atoms with van der Waals surface area (Å²) in [5.74, 6) is 1.24. The molecule has 0 aliphatic heterocycles. The molecule has 1 atom stereocenters. The number of ether oxygens (including phenoxy) is 2. The minimum atomic E-state index is -0.673. The summed E-state index contributed by atoms with van der Waals surface area (Å²) in [6, 6.07) is 18.5. The summed E-state index contributed by atoms with van der Waals surface area (Å²) in [6.07, 6.45) is -0.788. The van der Waals surface area contributed by atoms with Crippen LogP contribution >= 0.6 is 0 Å². The molecule has 0 aliphatic carbocycles. The predicted molar refractivity (Wildman–Crippen MR) is 98.7 cm³/mol. The van der Waals surface area contributed by atoms with Gasteiger partial charge in [-0.05, 0) is 50.2 Å². The number of carbonyl (C=O) groups is 2. The highest BCUT2D eigenvalue weighted by molar-refractivity contribution is 6.00. The molecule has 0 saturated heterocycles. The first-order chi connectivity index (χ1) is 12.5. The van der Waals surface area contributed by atoms with Crippen LogP contribution in [0, 0.1) is 0 Å². The molecule has 5 nitrogen and oxygen atoms in total. The zero-order valence-corrected chi connectivity index (χ0v) is 14.6. The van der Waals surface area contributed by atoms with Gasteiger partial charge in [-0.3, -0.25) is 9.59 Å². The zero-order valence-electron chi connectivity index (χ0n) is 14.6. The molecule has 0 N–H and O–H groups in total. The lowest BCUT2D eigenvalue weighted by molar-refractivity contribution is -0.130. The van der Waals surface area contributed by atoms with E-state index in [-0.39, 0.29) is 18.0 Å². The first kappa shape index (κ1) is 17.6. The summed E-state index contributed by atoms with van der Waals surface area (Å²) in [5, 5.41) is 1.05. The van der Waals surface area contributed by atoms with Gasteiger partial charge in [0.15, 0.2) is 11.9 Å². The Labute approximate surface area is 151 Å². The number of hydrogen-bond donors (Lipinski definition) is 0. The lowest BCUT2D eigenvalue weighted by atomic mass is 10.1. The maximum Gasteiger partial charge on any atom is 0.219 e. The second-order valence-corrected chi connectivity index (χ2v) is 6.02. The molecule has 1 unspecified atom stereocenters. The quantitative estimate of drug-likeness (QED) is 0.594. The molecule has 0 saturated carbocycles. The molecular formula is C21H19NO4. The van der Waals surface area contributed by atoms with E-state index in [9.17, 15) is 9.59 Å². The Hall–Kier alpha value is -3.21. The van der Waals surface area contributed by atoms with Gasteiger partial charge < -0.3 is 9.47 Å². The third-order valence-corrected chi connectivity index (χ3v) is 3.81. The fourth-order valence-electron chi connectivity index (χ4n) is 2.47. The zero-order chi connectivity index (χ0) is 18.5. The van der Waals surface area contributed by atoms with E-state index >= 15 is 0 Å².